The van der Waals surface area contributed by atoms with E-state index >= 15 is 0 Å². The molecule has 0 aliphatic carbocycles. The number of halogens is 2. The molecule has 2 aromatic carbocycles. The summed E-state index contributed by atoms with van der Waals surface area (Å²) in [6.07, 6.45) is -0.827. The van der Waals surface area contributed by atoms with E-state index in [9.17, 15) is 14.3 Å². The summed E-state index contributed by atoms with van der Waals surface area (Å²) in [5, 5.41) is 15.5. The number of aliphatic hydroxyl groups is 1. The summed E-state index contributed by atoms with van der Waals surface area (Å²) in [4.78, 5) is 11.9. The number of carbonyl (C=O) groups excluding carboxylic acids is 1. The quantitative estimate of drug-likeness (QED) is 0.769. The van der Waals surface area contributed by atoms with Crippen LogP contribution in [0.25, 0.3) is 0 Å². The predicted octanol–water partition coefficient (Wildman–Crippen LogP) is 3.83. The Kier molecular flexibility index (Phi) is 5.51. The summed E-state index contributed by atoms with van der Waals surface area (Å²) in [5.41, 5.74) is 1.18. The molecule has 3 N–H and O–H groups in total. The molecule has 0 aliphatic heterocycles. The van der Waals surface area contributed by atoms with Gasteiger partial charge in [-0.3, -0.25) is 0 Å². The number of aliphatic hydroxyl groups excluding tert-OH is 1. The van der Waals surface area contributed by atoms with Crippen LogP contribution >= 0.6 is 15.9 Å². The highest BCUT2D eigenvalue weighted by molar-refractivity contribution is 9.10. The Balaban J connectivity index is 1.92. The molecule has 0 radical (unpaired) electrons. The van der Waals surface area contributed by atoms with Crippen LogP contribution in [0.2, 0.25) is 0 Å². The molecule has 0 spiro atoms. The molecular formula is C16H16BrFN2O2. The standard InChI is InChI=1S/C16H16BrFN2O2/c1-10(15(21)11-2-4-12(17)5-3-11)19-16(22)20-14-8-6-13(18)7-9-14/h2-10,15,21H,1H3,(H2,19,20,22). The lowest BCUT2D eigenvalue weighted by Gasteiger charge is -2.21. The van der Waals surface area contributed by atoms with E-state index in [0.29, 0.717) is 11.3 Å². The third kappa shape index (κ3) is 4.54. The first-order valence-electron chi connectivity index (χ1n) is 6.72. The van der Waals surface area contributed by atoms with Gasteiger partial charge in [0.25, 0.3) is 0 Å². The lowest BCUT2D eigenvalue weighted by molar-refractivity contribution is 0.139. The number of amides is 2. The van der Waals surface area contributed by atoms with Gasteiger partial charge in [0.2, 0.25) is 0 Å². The smallest absolute Gasteiger partial charge is 0.319 e. The average Bonchev–Trinajstić information content (AvgIpc) is 2.49. The molecule has 2 amide bonds. The summed E-state index contributed by atoms with van der Waals surface area (Å²) in [7, 11) is 0. The van der Waals surface area contributed by atoms with Crippen molar-refractivity contribution in [3.05, 3.63) is 64.4 Å². The van der Waals surface area contributed by atoms with E-state index in [1.165, 1.54) is 24.3 Å². The van der Waals surface area contributed by atoms with Crippen LogP contribution in [0, 0.1) is 5.82 Å². The van der Waals surface area contributed by atoms with Gasteiger partial charge < -0.3 is 15.7 Å². The van der Waals surface area contributed by atoms with Crippen LogP contribution in [0.15, 0.2) is 53.0 Å². The molecule has 22 heavy (non-hydrogen) atoms. The zero-order valence-electron chi connectivity index (χ0n) is 11.9. The van der Waals surface area contributed by atoms with Crippen molar-refractivity contribution in [1.82, 2.24) is 5.32 Å². The average molecular weight is 367 g/mol. The highest BCUT2D eigenvalue weighted by atomic mass is 79.9. The fourth-order valence-corrected chi connectivity index (χ4v) is 2.20. The van der Waals surface area contributed by atoms with Gasteiger partial charge >= 0.3 is 6.03 Å². The number of nitrogens with one attached hydrogen (secondary N) is 2. The van der Waals surface area contributed by atoms with Crippen LogP contribution in [0.3, 0.4) is 0 Å². The van der Waals surface area contributed by atoms with Gasteiger partial charge in [-0.1, -0.05) is 28.1 Å². The van der Waals surface area contributed by atoms with E-state index in [0.717, 1.165) is 4.47 Å². The van der Waals surface area contributed by atoms with Gasteiger partial charge in [-0.2, -0.15) is 0 Å². The Bertz CT molecular complexity index is 632. The van der Waals surface area contributed by atoms with Gasteiger partial charge in [-0.15, -0.1) is 0 Å². The van der Waals surface area contributed by atoms with E-state index in [2.05, 4.69) is 26.6 Å². The van der Waals surface area contributed by atoms with Gasteiger partial charge in [-0.05, 0) is 48.9 Å². The molecule has 6 heteroatoms. The van der Waals surface area contributed by atoms with Gasteiger partial charge in [-0.25, -0.2) is 9.18 Å². The highest BCUT2D eigenvalue weighted by Gasteiger charge is 2.18. The Morgan fingerprint density at radius 1 is 1.14 bits per heavy atom. The molecule has 2 aromatic rings. The van der Waals surface area contributed by atoms with Crippen molar-refractivity contribution in [2.45, 2.75) is 19.1 Å². The van der Waals surface area contributed by atoms with Crippen molar-refractivity contribution in [3.8, 4) is 0 Å². The van der Waals surface area contributed by atoms with E-state index in [1.807, 2.05) is 12.1 Å². The molecule has 0 saturated carbocycles. The van der Waals surface area contributed by atoms with E-state index in [-0.39, 0.29) is 5.82 Å². The highest BCUT2D eigenvalue weighted by Crippen LogP contribution is 2.19. The molecule has 2 atom stereocenters. The molecule has 0 bridgehead atoms. The first-order valence-corrected chi connectivity index (χ1v) is 7.51. The second kappa shape index (κ2) is 7.38. The maximum Gasteiger partial charge on any atom is 0.319 e. The Morgan fingerprint density at radius 2 is 1.73 bits per heavy atom. The number of hydrogen-bond donors (Lipinski definition) is 3. The SMILES string of the molecule is CC(NC(=O)Nc1ccc(F)cc1)C(O)c1ccc(Br)cc1. The number of carbonyl (C=O) groups is 1. The maximum atomic E-state index is 12.8. The lowest BCUT2D eigenvalue weighted by atomic mass is 10.0. The summed E-state index contributed by atoms with van der Waals surface area (Å²) < 4.78 is 13.7. The van der Waals surface area contributed by atoms with Crippen LogP contribution in [0.1, 0.15) is 18.6 Å². The van der Waals surface area contributed by atoms with Crippen LogP contribution in [-0.4, -0.2) is 17.2 Å². The summed E-state index contributed by atoms with van der Waals surface area (Å²) in [6, 6.07) is 11.7. The number of rotatable bonds is 4. The first kappa shape index (κ1) is 16.5. The van der Waals surface area contributed by atoms with Gasteiger partial charge in [0, 0.05) is 10.2 Å². The molecular weight excluding hydrogens is 351 g/mol. The number of urea groups is 1. The van der Waals surface area contributed by atoms with Crippen molar-refractivity contribution in [2.24, 2.45) is 0 Å². The van der Waals surface area contributed by atoms with Crippen molar-refractivity contribution in [1.29, 1.82) is 0 Å². The van der Waals surface area contributed by atoms with Gasteiger partial charge in [0.1, 0.15) is 5.82 Å². The molecule has 0 aromatic heterocycles. The van der Waals surface area contributed by atoms with Crippen molar-refractivity contribution >= 4 is 27.6 Å². The van der Waals surface area contributed by atoms with E-state index in [1.54, 1.807) is 19.1 Å². The zero-order chi connectivity index (χ0) is 16.1. The maximum absolute atomic E-state index is 12.8. The normalized spacial score (nSPS) is 13.3. The fourth-order valence-electron chi connectivity index (χ4n) is 1.93. The second-order valence-electron chi connectivity index (χ2n) is 4.89. The van der Waals surface area contributed by atoms with Gasteiger partial charge in [0.15, 0.2) is 0 Å². The summed E-state index contributed by atoms with van der Waals surface area (Å²) in [5.74, 6) is -0.370. The Hall–Kier alpha value is -1.92. The van der Waals surface area contributed by atoms with Gasteiger partial charge in [0.05, 0.1) is 12.1 Å². The molecule has 0 heterocycles. The summed E-state index contributed by atoms with van der Waals surface area (Å²) in [6.45, 7) is 1.71. The summed E-state index contributed by atoms with van der Waals surface area (Å²) >= 11 is 3.33. The minimum atomic E-state index is -0.827. The number of benzene rings is 2. The molecule has 0 saturated heterocycles. The van der Waals surface area contributed by atoms with Crippen molar-refractivity contribution < 1.29 is 14.3 Å². The van der Waals surface area contributed by atoms with Crippen LogP contribution < -0.4 is 10.6 Å². The molecule has 0 aliphatic rings. The third-order valence-electron chi connectivity index (χ3n) is 3.15. The first-order chi connectivity index (χ1) is 10.5. The number of hydrogen-bond acceptors (Lipinski definition) is 2. The zero-order valence-corrected chi connectivity index (χ0v) is 13.5. The predicted molar refractivity (Wildman–Crippen MR) is 87.1 cm³/mol. The van der Waals surface area contributed by atoms with Crippen molar-refractivity contribution in [3.63, 3.8) is 0 Å². The third-order valence-corrected chi connectivity index (χ3v) is 3.67. The minimum absolute atomic E-state index is 0.370. The van der Waals surface area contributed by atoms with Crippen molar-refractivity contribution in [2.75, 3.05) is 5.32 Å². The van der Waals surface area contributed by atoms with Crippen LogP contribution in [-0.2, 0) is 0 Å². The number of anilines is 1. The lowest BCUT2D eigenvalue weighted by Crippen LogP contribution is -2.39. The van der Waals surface area contributed by atoms with E-state index in [4.69, 9.17) is 0 Å². The monoisotopic (exact) mass is 366 g/mol. The largest absolute Gasteiger partial charge is 0.386 e. The fraction of sp³-hybridized carbons (Fsp3) is 0.188. The molecule has 0 fully saturated rings. The topological polar surface area (TPSA) is 61.4 Å². The Morgan fingerprint density at radius 3 is 2.32 bits per heavy atom. The second-order valence-corrected chi connectivity index (χ2v) is 5.81. The molecule has 4 nitrogen and oxygen atoms in total. The van der Waals surface area contributed by atoms with E-state index < -0.39 is 18.2 Å². The van der Waals surface area contributed by atoms with Crippen LogP contribution in [0.4, 0.5) is 14.9 Å². The molecule has 2 rings (SSSR count). The minimum Gasteiger partial charge on any atom is -0.386 e. The molecule has 116 valence electrons. The Labute approximate surface area is 136 Å². The molecule has 2 unspecified atom stereocenters. The van der Waals surface area contributed by atoms with Crippen LogP contribution in [0.5, 0.6) is 0 Å².